The predicted octanol–water partition coefficient (Wildman–Crippen LogP) is 2.51. The highest BCUT2D eigenvalue weighted by molar-refractivity contribution is 5.37. The van der Waals surface area contributed by atoms with Gasteiger partial charge in [0.1, 0.15) is 6.61 Å². The summed E-state index contributed by atoms with van der Waals surface area (Å²) < 4.78 is 0. The molecule has 0 radical (unpaired) electrons. The van der Waals surface area contributed by atoms with E-state index in [1.54, 1.807) is 0 Å². The van der Waals surface area contributed by atoms with Crippen LogP contribution in [0.2, 0.25) is 0 Å². The van der Waals surface area contributed by atoms with Crippen LogP contribution >= 0.6 is 0 Å². The van der Waals surface area contributed by atoms with Gasteiger partial charge in [-0.25, -0.2) is 0 Å². The first-order valence-corrected chi connectivity index (χ1v) is 6.53. The lowest BCUT2D eigenvalue weighted by atomic mass is 10.1. The largest absolute Gasteiger partial charge is 0.384 e. The fourth-order valence-corrected chi connectivity index (χ4v) is 1.93. The molecule has 0 saturated carbocycles. The van der Waals surface area contributed by atoms with Crippen molar-refractivity contribution in [2.45, 2.75) is 26.8 Å². The Labute approximate surface area is 111 Å². The Bertz CT molecular complexity index is 417. The second-order valence-corrected chi connectivity index (χ2v) is 4.87. The average Bonchev–Trinajstić information content (AvgIpc) is 2.36. The van der Waals surface area contributed by atoms with Gasteiger partial charge in [0.05, 0.1) is 0 Å². The Hall–Kier alpha value is -1.30. The van der Waals surface area contributed by atoms with Crippen molar-refractivity contribution in [3.05, 3.63) is 35.4 Å². The molecule has 0 heterocycles. The maximum atomic E-state index is 8.69. The van der Waals surface area contributed by atoms with E-state index in [9.17, 15) is 0 Å². The van der Waals surface area contributed by atoms with Gasteiger partial charge in [-0.05, 0) is 30.7 Å². The van der Waals surface area contributed by atoms with E-state index in [1.807, 2.05) is 12.1 Å². The molecule has 0 amide bonds. The summed E-state index contributed by atoms with van der Waals surface area (Å²) in [7, 11) is 2.15. The van der Waals surface area contributed by atoms with Gasteiger partial charge >= 0.3 is 0 Å². The Morgan fingerprint density at radius 3 is 2.83 bits per heavy atom. The van der Waals surface area contributed by atoms with E-state index in [4.69, 9.17) is 5.11 Å². The molecule has 0 saturated heterocycles. The predicted molar refractivity (Wildman–Crippen MR) is 76.2 cm³/mol. The molecule has 1 atom stereocenters. The molecule has 1 unspecified atom stereocenters. The van der Waals surface area contributed by atoms with Gasteiger partial charge < -0.3 is 10.0 Å². The Kier molecular flexibility index (Phi) is 6.49. The number of aliphatic hydroxyl groups is 1. The second kappa shape index (κ2) is 7.92. The third-order valence-electron chi connectivity index (χ3n) is 3.01. The van der Waals surface area contributed by atoms with Crippen molar-refractivity contribution >= 4 is 0 Å². The Morgan fingerprint density at radius 2 is 2.17 bits per heavy atom. The summed E-state index contributed by atoms with van der Waals surface area (Å²) in [4.78, 5) is 2.34. The first-order valence-electron chi connectivity index (χ1n) is 6.53. The van der Waals surface area contributed by atoms with Gasteiger partial charge in [-0.2, -0.15) is 0 Å². The highest BCUT2D eigenvalue weighted by Crippen LogP contribution is 2.09. The molecule has 0 aliphatic carbocycles. The van der Waals surface area contributed by atoms with Crippen LogP contribution in [0, 0.1) is 17.8 Å². The number of hydrogen-bond donors (Lipinski definition) is 1. The maximum absolute atomic E-state index is 8.69. The summed E-state index contributed by atoms with van der Waals surface area (Å²) in [6, 6.07) is 8.21. The minimum Gasteiger partial charge on any atom is -0.384 e. The SMILES string of the molecule is CCC(C)CN(C)Cc1cccc(C#CCO)c1. The van der Waals surface area contributed by atoms with E-state index >= 15 is 0 Å². The van der Waals surface area contributed by atoms with Crippen LogP contribution in [0.1, 0.15) is 31.4 Å². The third-order valence-corrected chi connectivity index (χ3v) is 3.01. The van der Waals surface area contributed by atoms with Gasteiger partial charge in [0, 0.05) is 18.7 Å². The molecular weight excluding hydrogens is 222 g/mol. The molecule has 0 aromatic heterocycles. The smallest absolute Gasteiger partial charge is 0.104 e. The Morgan fingerprint density at radius 1 is 1.39 bits per heavy atom. The van der Waals surface area contributed by atoms with Gasteiger partial charge in [0.15, 0.2) is 0 Å². The zero-order valence-electron chi connectivity index (χ0n) is 11.6. The first kappa shape index (κ1) is 14.8. The molecule has 0 aliphatic heterocycles. The second-order valence-electron chi connectivity index (χ2n) is 4.87. The number of aliphatic hydroxyl groups excluding tert-OH is 1. The van der Waals surface area contributed by atoms with Crippen LogP contribution in [0.25, 0.3) is 0 Å². The van der Waals surface area contributed by atoms with Crippen LogP contribution in [0.15, 0.2) is 24.3 Å². The number of nitrogens with zero attached hydrogens (tertiary/aromatic N) is 1. The maximum Gasteiger partial charge on any atom is 0.104 e. The van der Waals surface area contributed by atoms with Crippen molar-refractivity contribution in [3.63, 3.8) is 0 Å². The molecule has 0 bridgehead atoms. The molecule has 1 rings (SSSR count). The fourth-order valence-electron chi connectivity index (χ4n) is 1.93. The number of rotatable bonds is 5. The summed E-state index contributed by atoms with van der Waals surface area (Å²) in [5.41, 5.74) is 2.24. The van der Waals surface area contributed by atoms with Crippen LogP contribution in [-0.2, 0) is 6.54 Å². The van der Waals surface area contributed by atoms with E-state index < -0.39 is 0 Å². The average molecular weight is 245 g/mol. The quantitative estimate of drug-likeness (QED) is 0.806. The minimum atomic E-state index is -0.0852. The minimum absolute atomic E-state index is 0.0852. The zero-order valence-corrected chi connectivity index (χ0v) is 11.6. The molecule has 2 nitrogen and oxygen atoms in total. The van der Waals surface area contributed by atoms with Gasteiger partial charge in [0.2, 0.25) is 0 Å². The summed E-state index contributed by atoms with van der Waals surface area (Å²) in [6.07, 6.45) is 1.21. The molecular formula is C16H23NO. The number of hydrogen-bond acceptors (Lipinski definition) is 2. The normalized spacial score (nSPS) is 12.1. The van der Waals surface area contributed by atoms with Crippen molar-refractivity contribution in [3.8, 4) is 11.8 Å². The van der Waals surface area contributed by atoms with Gasteiger partial charge in [-0.3, -0.25) is 0 Å². The van der Waals surface area contributed by atoms with E-state index in [0.717, 1.165) is 24.6 Å². The van der Waals surface area contributed by atoms with Crippen LogP contribution in [0.3, 0.4) is 0 Å². The lowest BCUT2D eigenvalue weighted by Crippen LogP contribution is -2.23. The fraction of sp³-hybridized carbons (Fsp3) is 0.500. The monoisotopic (exact) mass is 245 g/mol. The van der Waals surface area contributed by atoms with E-state index in [-0.39, 0.29) is 6.61 Å². The molecule has 98 valence electrons. The lowest BCUT2D eigenvalue weighted by molar-refractivity contribution is 0.275. The van der Waals surface area contributed by atoms with Gasteiger partial charge in [0.25, 0.3) is 0 Å². The summed E-state index contributed by atoms with van der Waals surface area (Å²) >= 11 is 0. The van der Waals surface area contributed by atoms with Crippen molar-refractivity contribution in [2.24, 2.45) is 5.92 Å². The van der Waals surface area contributed by atoms with Crippen LogP contribution in [-0.4, -0.2) is 30.2 Å². The molecule has 1 aromatic rings. The van der Waals surface area contributed by atoms with Crippen LogP contribution in [0.5, 0.6) is 0 Å². The summed E-state index contributed by atoms with van der Waals surface area (Å²) in [6.45, 7) is 6.48. The van der Waals surface area contributed by atoms with E-state index in [1.165, 1.54) is 12.0 Å². The first-order chi connectivity index (χ1) is 8.65. The van der Waals surface area contributed by atoms with Crippen molar-refractivity contribution < 1.29 is 5.11 Å². The van der Waals surface area contributed by atoms with E-state index in [0.29, 0.717) is 0 Å². The highest BCUT2D eigenvalue weighted by Gasteiger charge is 2.05. The zero-order chi connectivity index (χ0) is 13.4. The van der Waals surface area contributed by atoms with Crippen molar-refractivity contribution in [1.82, 2.24) is 4.90 Å². The lowest BCUT2D eigenvalue weighted by Gasteiger charge is -2.20. The Balaban J connectivity index is 2.61. The topological polar surface area (TPSA) is 23.5 Å². The third kappa shape index (κ3) is 5.35. The standard InChI is InChI=1S/C16H23NO/c1-4-14(2)12-17(3)13-16-8-5-7-15(11-16)9-6-10-18/h5,7-8,11,14,18H,4,10,12-13H2,1-3H3. The van der Waals surface area contributed by atoms with E-state index in [2.05, 4.69) is 49.8 Å². The summed E-state index contributed by atoms with van der Waals surface area (Å²) in [5, 5.41) is 8.69. The molecule has 0 spiro atoms. The van der Waals surface area contributed by atoms with Gasteiger partial charge in [-0.1, -0.05) is 44.2 Å². The molecule has 0 fully saturated rings. The van der Waals surface area contributed by atoms with Crippen LogP contribution < -0.4 is 0 Å². The number of benzene rings is 1. The summed E-state index contributed by atoms with van der Waals surface area (Å²) in [5.74, 6) is 6.35. The molecule has 18 heavy (non-hydrogen) atoms. The molecule has 0 aliphatic rings. The van der Waals surface area contributed by atoms with Crippen molar-refractivity contribution in [2.75, 3.05) is 20.2 Å². The highest BCUT2D eigenvalue weighted by atomic mass is 16.2. The van der Waals surface area contributed by atoms with Crippen molar-refractivity contribution in [1.29, 1.82) is 0 Å². The molecule has 1 aromatic carbocycles. The molecule has 2 heteroatoms. The van der Waals surface area contributed by atoms with Crippen LogP contribution in [0.4, 0.5) is 0 Å². The molecule has 1 N–H and O–H groups in total. The van der Waals surface area contributed by atoms with Gasteiger partial charge in [-0.15, -0.1) is 0 Å².